The summed E-state index contributed by atoms with van der Waals surface area (Å²) in [7, 11) is 1.53. The molecule has 0 spiro atoms. The third-order valence-electron chi connectivity index (χ3n) is 1.76. The fraction of sp³-hybridized carbons (Fsp3) is 0.333. The standard InChI is InChI=1S/C9H9BrClNO3/c1-3-15-9(14)5-4-12(2)8(13)6(10)7(5)11/h4H,3H2,1-2H3. The van der Waals surface area contributed by atoms with Crippen molar-refractivity contribution in [2.45, 2.75) is 6.92 Å². The molecule has 1 aromatic rings. The monoisotopic (exact) mass is 293 g/mol. The lowest BCUT2D eigenvalue weighted by Crippen LogP contribution is -2.20. The number of carbonyl (C=O) groups is 1. The molecule has 1 heterocycles. The molecule has 0 fully saturated rings. The number of ether oxygens (including phenoxy) is 1. The third-order valence-corrected chi connectivity index (χ3v) is 3.11. The number of aryl methyl sites for hydroxylation is 1. The van der Waals surface area contributed by atoms with Crippen molar-refractivity contribution >= 4 is 33.5 Å². The highest BCUT2D eigenvalue weighted by molar-refractivity contribution is 9.10. The van der Waals surface area contributed by atoms with Gasteiger partial charge in [-0.15, -0.1) is 0 Å². The van der Waals surface area contributed by atoms with Crippen molar-refractivity contribution in [2.75, 3.05) is 6.61 Å². The minimum absolute atomic E-state index is 0.0801. The average Bonchev–Trinajstić information content (AvgIpc) is 2.20. The first kappa shape index (κ1) is 12.3. The van der Waals surface area contributed by atoms with E-state index in [9.17, 15) is 9.59 Å². The van der Waals surface area contributed by atoms with E-state index >= 15 is 0 Å². The summed E-state index contributed by atoms with van der Waals surface area (Å²) in [6, 6.07) is 0. The van der Waals surface area contributed by atoms with E-state index < -0.39 is 5.97 Å². The van der Waals surface area contributed by atoms with E-state index in [-0.39, 0.29) is 27.2 Å². The van der Waals surface area contributed by atoms with Crippen LogP contribution in [-0.2, 0) is 11.8 Å². The highest BCUT2D eigenvalue weighted by atomic mass is 79.9. The fourth-order valence-corrected chi connectivity index (χ4v) is 1.73. The summed E-state index contributed by atoms with van der Waals surface area (Å²) in [6.07, 6.45) is 1.35. The molecular formula is C9H9BrClNO3. The number of aromatic nitrogens is 1. The van der Waals surface area contributed by atoms with Gasteiger partial charge in [0.1, 0.15) is 4.47 Å². The molecule has 0 unspecified atom stereocenters. The van der Waals surface area contributed by atoms with Crippen LogP contribution in [0.2, 0.25) is 5.02 Å². The van der Waals surface area contributed by atoms with Gasteiger partial charge in [0.25, 0.3) is 5.56 Å². The summed E-state index contributed by atoms with van der Waals surface area (Å²) in [5.74, 6) is -0.543. The Bertz CT molecular complexity index is 455. The number of nitrogens with zero attached hydrogens (tertiary/aromatic N) is 1. The lowest BCUT2D eigenvalue weighted by atomic mass is 10.3. The third kappa shape index (κ3) is 2.41. The summed E-state index contributed by atoms with van der Waals surface area (Å²) in [6.45, 7) is 1.96. The van der Waals surface area contributed by atoms with Gasteiger partial charge < -0.3 is 9.30 Å². The number of pyridine rings is 1. The molecule has 15 heavy (non-hydrogen) atoms. The van der Waals surface area contributed by atoms with Gasteiger partial charge in [-0.05, 0) is 22.9 Å². The summed E-state index contributed by atoms with van der Waals surface area (Å²) in [5.41, 5.74) is -0.124. The van der Waals surface area contributed by atoms with Gasteiger partial charge in [0.05, 0.1) is 17.2 Å². The van der Waals surface area contributed by atoms with Crippen LogP contribution < -0.4 is 5.56 Å². The average molecular weight is 295 g/mol. The lowest BCUT2D eigenvalue weighted by molar-refractivity contribution is 0.0525. The minimum atomic E-state index is -0.543. The largest absolute Gasteiger partial charge is 0.462 e. The van der Waals surface area contributed by atoms with Gasteiger partial charge in [0, 0.05) is 13.2 Å². The number of carbonyl (C=O) groups excluding carboxylic acids is 1. The summed E-state index contributed by atoms with van der Waals surface area (Å²) < 4.78 is 6.23. The van der Waals surface area contributed by atoms with Crippen LogP contribution in [0.3, 0.4) is 0 Å². The van der Waals surface area contributed by atoms with E-state index in [4.69, 9.17) is 16.3 Å². The maximum Gasteiger partial charge on any atom is 0.341 e. The van der Waals surface area contributed by atoms with Crippen molar-refractivity contribution in [2.24, 2.45) is 7.05 Å². The number of halogens is 2. The van der Waals surface area contributed by atoms with Crippen LogP contribution in [0.1, 0.15) is 17.3 Å². The summed E-state index contributed by atoms with van der Waals surface area (Å²) in [5, 5.41) is 0.0801. The normalized spacial score (nSPS) is 10.1. The molecule has 0 aliphatic carbocycles. The highest BCUT2D eigenvalue weighted by Crippen LogP contribution is 2.23. The van der Waals surface area contributed by atoms with Crippen molar-refractivity contribution in [3.8, 4) is 0 Å². The number of hydrogen-bond donors (Lipinski definition) is 0. The van der Waals surface area contributed by atoms with Crippen LogP contribution in [0.5, 0.6) is 0 Å². The molecule has 0 atom stereocenters. The smallest absolute Gasteiger partial charge is 0.341 e. The number of hydrogen-bond acceptors (Lipinski definition) is 3. The Labute approximate surface area is 99.9 Å². The van der Waals surface area contributed by atoms with E-state index in [1.54, 1.807) is 6.92 Å². The minimum Gasteiger partial charge on any atom is -0.462 e. The first-order chi connectivity index (χ1) is 6.99. The quantitative estimate of drug-likeness (QED) is 0.784. The molecule has 1 rings (SSSR count). The molecule has 6 heteroatoms. The molecule has 0 aromatic carbocycles. The molecule has 0 amide bonds. The predicted octanol–water partition coefficient (Wildman–Crippen LogP) is 1.98. The number of rotatable bonds is 2. The SMILES string of the molecule is CCOC(=O)c1cn(C)c(=O)c(Br)c1Cl. The van der Waals surface area contributed by atoms with E-state index in [0.29, 0.717) is 0 Å². The van der Waals surface area contributed by atoms with E-state index in [1.807, 2.05) is 0 Å². The maximum atomic E-state index is 11.4. The maximum absolute atomic E-state index is 11.4. The van der Waals surface area contributed by atoms with E-state index in [1.165, 1.54) is 17.8 Å². The summed E-state index contributed by atoms with van der Waals surface area (Å²) in [4.78, 5) is 22.8. The van der Waals surface area contributed by atoms with Gasteiger partial charge in [-0.25, -0.2) is 4.79 Å². The molecule has 0 bridgehead atoms. The zero-order chi connectivity index (χ0) is 11.6. The van der Waals surface area contributed by atoms with Crippen molar-refractivity contribution in [1.82, 2.24) is 4.57 Å². The molecule has 1 aromatic heterocycles. The van der Waals surface area contributed by atoms with Gasteiger partial charge in [0.2, 0.25) is 0 Å². The zero-order valence-electron chi connectivity index (χ0n) is 8.21. The van der Waals surface area contributed by atoms with Crippen LogP contribution in [-0.4, -0.2) is 17.1 Å². The van der Waals surface area contributed by atoms with Crippen LogP contribution in [0.15, 0.2) is 15.5 Å². The molecule has 0 saturated carbocycles. The topological polar surface area (TPSA) is 48.3 Å². The second-order valence-corrected chi connectivity index (χ2v) is 3.98. The molecule has 0 radical (unpaired) electrons. The van der Waals surface area contributed by atoms with Gasteiger partial charge >= 0.3 is 5.97 Å². The molecule has 4 nitrogen and oxygen atoms in total. The zero-order valence-corrected chi connectivity index (χ0v) is 10.6. The van der Waals surface area contributed by atoms with E-state index in [0.717, 1.165) is 0 Å². The van der Waals surface area contributed by atoms with Gasteiger partial charge in [0.15, 0.2) is 0 Å². The Hall–Kier alpha value is -0.810. The molecule has 0 aliphatic rings. The second-order valence-electron chi connectivity index (χ2n) is 2.81. The van der Waals surface area contributed by atoms with Crippen molar-refractivity contribution in [3.63, 3.8) is 0 Å². The van der Waals surface area contributed by atoms with Crippen LogP contribution in [0.25, 0.3) is 0 Å². The van der Waals surface area contributed by atoms with Crippen LogP contribution in [0, 0.1) is 0 Å². The molecule has 82 valence electrons. The van der Waals surface area contributed by atoms with Crippen molar-refractivity contribution < 1.29 is 9.53 Å². The van der Waals surface area contributed by atoms with Gasteiger partial charge in [-0.2, -0.15) is 0 Å². The molecular weight excluding hydrogens is 285 g/mol. The first-order valence-electron chi connectivity index (χ1n) is 4.20. The van der Waals surface area contributed by atoms with Gasteiger partial charge in [-0.3, -0.25) is 4.79 Å². The van der Waals surface area contributed by atoms with Crippen molar-refractivity contribution in [1.29, 1.82) is 0 Å². The predicted molar refractivity (Wildman–Crippen MR) is 60.3 cm³/mol. The Morgan fingerprint density at radius 1 is 1.67 bits per heavy atom. The van der Waals surface area contributed by atoms with Crippen LogP contribution in [0.4, 0.5) is 0 Å². The van der Waals surface area contributed by atoms with E-state index in [2.05, 4.69) is 15.9 Å². The molecule has 0 saturated heterocycles. The lowest BCUT2D eigenvalue weighted by Gasteiger charge is -2.07. The Balaban J connectivity index is 3.32. The van der Waals surface area contributed by atoms with Crippen molar-refractivity contribution in [3.05, 3.63) is 31.6 Å². The Morgan fingerprint density at radius 3 is 2.80 bits per heavy atom. The van der Waals surface area contributed by atoms with Crippen LogP contribution >= 0.6 is 27.5 Å². The Morgan fingerprint density at radius 2 is 2.27 bits per heavy atom. The molecule has 0 N–H and O–H groups in total. The fourth-order valence-electron chi connectivity index (χ4n) is 1.03. The Kier molecular flexibility index (Phi) is 3.93. The first-order valence-corrected chi connectivity index (χ1v) is 5.37. The number of esters is 1. The second kappa shape index (κ2) is 4.81. The summed E-state index contributed by atoms with van der Waals surface area (Å²) >= 11 is 8.87. The molecule has 0 aliphatic heterocycles. The highest BCUT2D eigenvalue weighted by Gasteiger charge is 2.17. The van der Waals surface area contributed by atoms with Gasteiger partial charge in [-0.1, -0.05) is 11.6 Å².